The van der Waals surface area contributed by atoms with Gasteiger partial charge in [-0.25, -0.2) is 0 Å². The summed E-state index contributed by atoms with van der Waals surface area (Å²) in [5, 5.41) is 23.8. The van der Waals surface area contributed by atoms with Crippen LogP contribution in [0.2, 0.25) is 5.02 Å². The fraction of sp³-hybridized carbons (Fsp3) is 0.0625. The van der Waals surface area contributed by atoms with Crippen molar-refractivity contribution < 1.29 is 24.2 Å². The standard InChI is InChI=1S/C16H9ClN4O7/c17-12-6-9(21(27)28)2-4-13(12)18-14(22)7-19-15(23)10-3-1-8(20(25)26)5-11(10)16(19)24/h1-6H,7H2,(H,18,22). The van der Waals surface area contributed by atoms with E-state index in [2.05, 4.69) is 5.32 Å². The zero-order chi connectivity index (χ0) is 20.6. The van der Waals surface area contributed by atoms with Crippen LogP contribution in [0.15, 0.2) is 36.4 Å². The van der Waals surface area contributed by atoms with E-state index < -0.39 is 34.1 Å². The first-order chi connectivity index (χ1) is 13.2. The molecule has 1 heterocycles. The van der Waals surface area contributed by atoms with Gasteiger partial charge >= 0.3 is 0 Å². The third-order valence-corrected chi connectivity index (χ3v) is 4.22. The number of hydrogen-bond donors (Lipinski definition) is 1. The van der Waals surface area contributed by atoms with Gasteiger partial charge in [0.2, 0.25) is 5.91 Å². The molecule has 28 heavy (non-hydrogen) atoms. The largest absolute Gasteiger partial charge is 0.323 e. The Morgan fingerprint density at radius 1 is 0.964 bits per heavy atom. The van der Waals surface area contributed by atoms with Crippen molar-refractivity contribution in [2.45, 2.75) is 0 Å². The molecule has 0 radical (unpaired) electrons. The zero-order valence-electron chi connectivity index (χ0n) is 13.7. The predicted octanol–water partition coefficient (Wildman–Crippen LogP) is 2.39. The molecule has 0 atom stereocenters. The van der Waals surface area contributed by atoms with Crippen molar-refractivity contribution in [3.63, 3.8) is 0 Å². The lowest BCUT2D eigenvalue weighted by molar-refractivity contribution is -0.385. The number of nitro groups is 2. The monoisotopic (exact) mass is 404 g/mol. The topological polar surface area (TPSA) is 153 Å². The SMILES string of the molecule is O=C(CN1C(=O)c2ccc([N+](=O)[O-])cc2C1=O)Nc1ccc([N+](=O)[O-])cc1Cl. The molecule has 12 heteroatoms. The Hall–Kier alpha value is -3.86. The number of nitro benzene ring substituents is 2. The van der Waals surface area contributed by atoms with Gasteiger partial charge in [-0.2, -0.15) is 0 Å². The molecule has 3 rings (SSSR count). The van der Waals surface area contributed by atoms with E-state index in [-0.39, 0.29) is 33.2 Å². The molecule has 0 bridgehead atoms. The van der Waals surface area contributed by atoms with Gasteiger partial charge in [-0.05, 0) is 12.1 Å². The highest BCUT2D eigenvalue weighted by Gasteiger charge is 2.37. The highest BCUT2D eigenvalue weighted by Crippen LogP contribution is 2.28. The Labute approximate surface area is 160 Å². The molecule has 1 aliphatic rings. The van der Waals surface area contributed by atoms with Crippen molar-refractivity contribution in [3.8, 4) is 0 Å². The Morgan fingerprint density at radius 2 is 1.54 bits per heavy atom. The molecule has 0 spiro atoms. The van der Waals surface area contributed by atoms with E-state index in [9.17, 15) is 34.6 Å². The molecule has 0 saturated heterocycles. The Morgan fingerprint density at radius 3 is 2.14 bits per heavy atom. The summed E-state index contributed by atoms with van der Waals surface area (Å²) in [6, 6.07) is 6.59. The summed E-state index contributed by atoms with van der Waals surface area (Å²) < 4.78 is 0. The molecule has 0 aromatic heterocycles. The molecule has 142 valence electrons. The van der Waals surface area contributed by atoms with Gasteiger partial charge in [0.15, 0.2) is 0 Å². The summed E-state index contributed by atoms with van der Waals surface area (Å²) in [5.41, 5.74) is -0.782. The lowest BCUT2D eigenvalue weighted by Crippen LogP contribution is -2.37. The summed E-state index contributed by atoms with van der Waals surface area (Å²) in [6.45, 7) is -0.659. The van der Waals surface area contributed by atoms with Gasteiger partial charge in [0, 0.05) is 24.3 Å². The number of non-ortho nitro benzene ring substituents is 2. The number of halogens is 1. The predicted molar refractivity (Wildman–Crippen MR) is 95.2 cm³/mol. The number of imide groups is 1. The second-order valence-corrected chi connectivity index (χ2v) is 6.06. The lowest BCUT2D eigenvalue weighted by atomic mass is 10.1. The number of benzene rings is 2. The second kappa shape index (κ2) is 7.04. The van der Waals surface area contributed by atoms with Crippen LogP contribution in [0.4, 0.5) is 17.1 Å². The number of carbonyl (C=O) groups excluding carboxylic acids is 3. The normalized spacial score (nSPS) is 12.7. The fourth-order valence-electron chi connectivity index (χ4n) is 2.59. The van der Waals surface area contributed by atoms with Gasteiger partial charge in [-0.3, -0.25) is 39.5 Å². The zero-order valence-corrected chi connectivity index (χ0v) is 14.5. The maximum atomic E-state index is 12.4. The molecule has 1 N–H and O–H groups in total. The second-order valence-electron chi connectivity index (χ2n) is 5.65. The number of nitrogens with one attached hydrogen (secondary N) is 1. The summed E-state index contributed by atoms with van der Waals surface area (Å²) >= 11 is 5.88. The van der Waals surface area contributed by atoms with Gasteiger partial charge < -0.3 is 5.32 Å². The average molecular weight is 405 g/mol. The van der Waals surface area contributed by atoms with Crippen molar-refractivity contribution in [3.05, 3.63) is 72.8 Å². The van der Waals surface area contributed by atoms with Crippen molar-refractivity contribution in [2.24, 2.45) is 0 Å². The first-order valence-electron chi connectivity index (χ1n) is 7.57. The summed E-state index contributed by atoms with van der Waals surface area (Å²) in [5.74, 6) is -2.38. The minimum atomic E-state index is -0.839. The lowest BCUT2D eigenvalue weighted by Gasteiger charge is -2.14. The molecule has 3 amide bonds. The number of hydrogen-bond acceptors (Lipinski definition) is 7. The highest BCUT2D eigenvalue weighted by atomic mass is 35.5. The molecule has 2 aromatic carbocycles. The maximum Gasteiger partial charge on any atom is 0.271 e. The highest BCUT2D eigenvalue weighted by molar-refractivity contribution is 6.34. The van der Waals surface area contributed by atoms with Crippen molar-refractivity contribution >= 4 is 46.4 Å². The van der Waals surface area contributed by atoms with E-state index in [4.69, 9.17) is 11.6 Å². The van der Waals surface area contributed by atoms with Crippen LogP contribution in [-0.4, -0.2) is 39.0 Å². The molecule has 11 nitrogen and oxygen atoms in total. The molecule has 1 aliphatic heterocycles. The molecular weight excluding hydrogens is 396 g/mol. The third kappa shape index (κ3) is 3.38. The number of anilines is 1. The first kappa shape index (κ1) is 18.9. The van der Waals surface area contributed by atoms with Gasteiger partial charge in [0.1, 0.15) is 6.54 Å². The number of fused-ring (bicyclic) bond motifs is 1. The fourth-order valence-corrected chi connectivity index (χ4v) is 2.81. The summed E-state index contributed by atoms with van der Waals surface area (Å²) in [7, 11) is 0. The molecule has 0 fully saturated rings. The van der Waals surface area contributed by atoms with Crippen molar-refractivity contribution in [1.82, 2.24) is 4.90 Å². The quantitative estimate of drug-likeness (QED) is 0.456. The van der Waals surface area contributed by atoms with E-state index in [0.29, 0.717) is 4.90 Å². The number of carbonyl (C=O) groups is 3. The number of nitrogens with zero attached hydrogens (tertiary/aromatic N) is 3. The first-order valence-corrected chi connectivity index (χ1v) is 7.95. The molecule has 0 saturated carbocycles. The van der Waals surface area contributed by atoms with E-state index in [0.717, 1.165) is 30.3 Å². The van der Waals surface area contributed by atoms with Crippen molar-refractivity contribution in [1.29, 1.82) is 0 Å². The van der Waals surface area contributed by atoms with Crippen LogP contribution in [-0.2, 0) is 4.79 Å². The minimum Gasteiger partial charge on any atom is -0.323 e. The van der Waals surface area contributed by atoms with E-state index >= 15 is 0 Å². The number of rotatable bonds is 5. The van der Waals surface area contributed by atoms with E-state index in [1.807, 2.05) is 0 Å². The summed E-state index contributed by atoms with van der Waals surface area (Å²) in [6.07, 6.45) is 0. The molecular formula is C16H9ClN4O7. The van der Waals surface area contributed by atoms with E-state index in [1.54, 1.807) is 0 Å². The van der Waals surface area contributed by atoms with Crippen LogP contribution in [0.3, 0.4) is 0 Å². The van der Waals surface area contributed by atoms with Crippen LogP contribution in [0, 0.1) is 20.2 Å². The molecule has 0 unspecified atom stereocenters. The van der Waals surface area contributed by atoms with Gasteiger partial charge in [-0.15, -0.1) is 0 Å². The van der Waals surface area contributed by atoms with Gasteiger partial charge in [0.25, 0.3) is 23.2 Å². The number of amides is 3. The van der Waals surface area contributed by atoms with Crippen LogP contribution in [0.1, 0.15) is 20.7 Å². The average Bonchev–Trinajstić information content (AvgIpc) is 2.87. The Balaban J connectivity index is 1.76. The summed E-state index contributed by atoms with van der Waals surface area (Å²) in [4.78, 5) is 57.7. The van der Waals surface area contributed by atoms with Gasteiger partial charge in [-0.1, -0.05) is 11.6 Å². The molecule has 2 aromatic rings. The van der Waals surface area contributed by atoms with Gasteiger partial charge in [0.05, 0.1) is 31.7 Å². The van der Waals surface area contributed by atoms with E-state index in [1.165, 1.54) is 6.07 Å². The smallest absolute Gasteiger partial charge is 0.271 e. The van der Waals surface area contributed by atoms with Crippen LogP contribution in [0.25, 0.3) is 0 Å². The van der Waals surface area contributed by atoms with Crippen LogP contribution in [0.5, 0.6) is 0 Å². The minimum absolute atomic E-state index is 0.0447. The van der Waals surface area contributed by atoms with Crippen LogP contribution < -0.4 is 5.32 Å². The Kier molecular flexibility index (Phi) is 4.76. The maximum absolute atomic E-state index is 12.4. The van der Waals surface area contributed by atoms with Crippen molar-refractivity contribution in [2.75, 3.05) is 11.9 Å². The third-order valence-electron chi connectivity index (χ3n) is 3.90. The Bertz CT molecular complexity index is 1070. The van der Waals surface area contributed by atoms with Crippen LogP contribution >= 0.6 is 11.6 Å². The molecule has 0 aliphatic carbocycles.